The van der Waals surface area contributed by atoms with Crippen LogP contribution in [0.3, 0.4) is 0 Å². The zero-order valence-corrected chi connectivity index (χ0v) is 12.0. The minimum atomic E-state index is 0.204. The van der Waals surface area contributed by atoms with Crippen molar-refractivity contribution in [2.45, 2.75) is 51.1 Å². The Bertz CT molecular complexity index is 586. The van der Waals surface area contributed by atoms with Gasteiger partial charge < -0.3 is 10.3 Å². The normalized spacial score (nSPS) is 17.0. The molecular weight excluding hydrogens is 258 g/mol. The van der Waals surface area contributed by atoms with Crippen LogP contribution >= 0.6 is 11.6 Å². The molecule has 1 unspecified atom stereocenters. The number of benzene rings is 1. The SMILES string of the molecule is CCCC(N)Cc1nc2cc(Cl)ccc2n1C1CC1. The fourth-order valence-electron chi connectivity index (χ4n) is 2.71. The van der Waals surface area contributed by atoms with E-state index in [-0.39, 0.29) is 6.04 Å². The molecule has 1 aromatic carbocycles. The van der Waals surface area contributed by atoms with E-state index in [0.29, 0.717) is 6.04 Å². The number of rotatable bonds is 5. The molecule has 2 N–H and O–H groups in total. The molecule has 0 radical (unpaired) electrons. The summed E-state index contributed by atoms with van der Waals surface area (Å²) in [5.74, 6) is 1.13. The monoisotopic (exact) mass is 277 g/mol. The molecule has 0 amide bonds. The smallest absolute Gasteiger partial charge is 0.111 e. The number of hydrogen-bond donors (Lipinski definition) is 1. The standard InChI is InChI=1S/C15H20ClN3/c1-2-3-11(17)9-15-18-13-8-10(16)4-7-14(13)19(15)12-5-6-12/h4,7-8,11-12H,2-3,5-6,9,17H2,1H3. The van der Waals surface area contributed by atoms with Crippen molar-refractivity contribution in [2.75, 3.05) is 0 Å². The van der Waals surface area contributed by atoms with Gasteiger partial charge in [-0.3, -0.25) is 0 Å². The molecule has 0 aliphatic heterocycles. The Morgan fingerprint density at radius 2 is 2.26 bits per heavy atom. The molecular formula is C15H20ClN3. The molecule has 102 valence electrons. The lowest BCUT2D eigenvalue weighted by Gasteiger charge is -2.12. The number of halogens is 1. The molecule has 1 atom stereocenters. The van der Waals surface area contributed by atoms with Gasteiger partial charge in [0.15, 0.2) is 0 Å². The maximum Gasteiger partial charge on any atom is 0.111 e. The maximum atomic E-state index is 6.18. The number of hydrogen-bond acceptors (Lipinski definition) is 2. The second kappa shape index (κ2) is 5.14. The molecule has 1 aliphatic rings. The summed E-state index contributed by atoms with van der Waals surface area (Å²) in [7, 11) is 0. The summed E-state index contributed by atoms with van der Waals surface area (Å²) in [6.45, 7) is 2.17. The van der Waals surface area contributed by atoms with Crippen molar-refractivity contribution in [2.24, 2.45) is 5.73 Å². The second-order valence-electron chi connectivity index (χ2n) is 5.52. The van der Waals surface area contributed by atoms with Crippen molar-refractivity contribution in [3.63, 3.8) is 0 Å². The minimum Gasteiger partial charge on any atom is -0.327 e. The van der Waals surface area contributed by atoms with E-state index < -0.39 is 0 Å². The van der Waals surface area contributed by atoms with Crippen molar-refractivity contribution >= 4 is 22.6 Å². The lowest BCUT2D eigenvalue weighted by atomic mass is 10.1. The Morgan fingerprint density at radius 1 is 1.47 bits per heavy atom. The van der Waals surface area contributed by atoms with Crippen LogP contribution in [0.1, 0.15) is 44.5 Å². The van der Waals surface area contributed by atoms with Gasteiger partial charge in [-0.05, 0) is 37.5 Å². The van der Waals surface area contributed by atoms with Gasteiger partial charge in [0.2, 0.25) is 0 Å². The molecule has 0 saturated heterocycles. The van der Waals surface area contributed by atoms with Gasteiger partial charge in [0.1, 0.15) is 5.82 Å². The first-order valence-electron chi connectivity index (χ1n) is 7.11. The number of fused-ring (bicyclic) bond motifs is 1. The zero-order valence-electron chi connectivity index (χ0n) is 11.3. The summed E-state index contributed by atoms with van der Waals surface area (Å²) >= 11 is 6.06. The number of imidazole rings is 1. The molecule has 1 aliphatic carbocycles. The van der Waals surface area contributed by atoms with Crippen molar-refractivity contribution in [3.8, 4) is 0 Å². The molecule has 1 heterocycles. The predicted octanol–water partition coefficient (Wildman–Crippen LogP) is 3.69. The Kier molecular flexibility index (Phi) is 3.50. The average Bonchev–Trinajstić information content (AvgIpc) is 3.12. The first-order valence-corrected chi connectivity index (χ1v) is 7.48. The fourth-order valence-corrected chi connectivity index (χ4v) is 2.88. The van der Waals surface area contributed by atoms with E-state index in [1.807, 2.05) is 12.1 Å². The Morgan fingerprint density at radius 3 is 2.95 bits per heavy atom. The van der Waals surface area contributed by atoms with Gasteiger partial charge in [0.25, 0.3) is 0 Å². The van der Waals surface area contributed by atoms with E-state index in [0.717, 1.165) is 35.6 Å². The van der Waals surface area contributed by atoms with Crippen LogP contribution in [0.25, 0.3) is 11.0 Å². The van der Waals surface area contributed by atoms with Crippen LogP contribution in [0.5, 0.6) is 0 Å². The summed E-state index contributed by atoms with van der Waals surface area (Å²) in [6.07, 6.45) is 5.54. The van der Waals surface area contributed by atoms with Crippen molar-refractivity contribution in [1.29, 1.82) is 0 Å². The quantitative estimate of drug-likeness (QED) is 0.906. The third-order valence-electron chi connectivity index (χ3n) is 3.74. The van der Waals surface area contributed by atoms with Crippen LogP contribution in [-0.2, 0) is 6.42 Å². The van der Waals surface area contributed by atoms with Crippen LogP contribution < -0.4 is 5.73 Å². The summed E-state index contributed by atoms with van der Waals surface area (Å²) in [6, 6.07) is 6.80. The highest BCUT2D eigenvalue weighted by Crippen LogP contribution is 2.39. The third-order valence-corrected chi connectivity index (χ3v) is 3.98. The molecule has 1 saturated carbocycles. The summed E-state index contributed by atoms with van der Waals surface area (Å²) in [5.41, 5.74) is 8.38. The van der Waals surface area contributed by atoms with Crippen LogP contribution in [0.4, 0.5) is 0 Å². The Labute approximate surface area is 118 Å². The van der Waals surface area contributed by atoms with Gasteiger partial charge in [0, 0.05) is 23.5 Å². The Hall–Kier alpha value is -1.06. The van der Waals surface area contributed by atoms with Crippen LogP contribution in [0.2, 0.25) is 5.02 Å². The molecule has 19 heavy (non-hydrogen) atoms. The van der Waals surface area contributed by atoms with E-state index in [1.165, 1.54) is 18.4 Å². The van der Waals surface area contributed by atoms with Gasteiger partial charge in [-0.2, -0.15) is 0 Å². The van der Waals surface area contributed by atoms with E-state index in [9.17, 15) is 0 Å². The highest BCUT2D eigenvalue weighted by atomic mass is 35.5. The third kappa shape index (κ3) is 2.63. The maximum absolute atomic E-state index is 6.18. The zero-order chi connectivity index (χ0) is 13.4. The molecule has 0 bridgehead atoms. The molecule has 4 heteroatoms. The van der Waals surface area contributed by atoms with E-state index >= 15 is 0 Å². The van der Waals surface area contributed by atoms with E-state index in [2.05, 4.69) is 17.6 Å². The highest BCUT2D eigenvalue weighted by Gasteiger charge is 2.28. The van der Waals surface area contributed by atoms with Crippen molar-refractivity contribution < 1.29 is 0 Å². The van der Waals surface area contributed by atoms with Gasteiger partial charge in [-0.15, -0.1) is 0 Å². The Balaban J connectivity index is 2.00. The first-order chi connectivity index (χ1) is 9.19. The van der Waals surface area contributed by atoms with Gasteiger partial charge in [-0.1, -0.05) is 24.9 Å². The summed E-state index contributed by atoms with van der Waals surface area (Å²) < 4.78 is 2.38. The molecule has 3 nitrogen and oxygen atoms in total. The molecule has 1 fully saturated rings. The number of nitrogens with zero attached hydrogens (tertiary/aromatic N) is 2. The second-order valence-corrected chi connectivity index (χ2v) is 5.95. The molecule has 2 aromatic rings. The van der Waals surface area contributed by atoms with Crippen LogP contribution in [-0.4, -0.2) is 15.6 Å². The molecule has 3 rings (SSSR count). The summed E-state index contributed by atoms with van der Waals surface area (Å²) in [4.78, 5) is 4.76. The van der Waals surface area contributed by atoms with Gasteiger partial charge in [0.05, 0.1) is 11.0 Å². The first kappa shape index (κ1) is 12.9. The fraction of sp³-hybridized carbons (Fsp3) is 0.533. The van der Waals surface area contributed by atoms with E-state index in [4.69, 9.17) is 22.3 Å². The van der Waals surface area contributed by atoms with Crippen LogP contribution in [0, 0.1) is 0 Å². The summed E-state index contributed by atoms with van der Waals surface area (Å²) in [5, 5.41) is 0.748. The lowest BCUT2D eigenvalue weighted by Crippen LogP contribution is -2.24. The molecule has 1 aromatic heterocycles. The van der Waals surface area contributed by atoms with Crippen molar-refractivity contribution in [1.82, 2.24) is 9.55 Å². The lowest BCUT2D eigenvalue weighted by molar-refractivity contribution is 0.564. The predicted molar refractivity (Wildman–Crippen MR) is 79.6 cm³/mol. The van der Waals surface area contributed by atoms with Crippen molar-refractivity contribution in [3.05, 3.63) is 29.0 Å². The average molecular weight is 278 g/mol. The van der Waals surface area contributed by atoms with Gasteiger partial charge in [-0.25, -0.2) is 4.98 Å². The highest BCUT2D eigenvalue weighted by molar-refractivity contribution is 6.31. The van der Waals surface area contributed by atoms with E-state index in [1.54, 1.807) is 0 Å². The topological polar surface area (TPSA) is 43.8 Å². The molecule has 0 spiro atoms. The number of nitrogens with two attached hydrogens (primary N) is 1. The number of aromatic nitrogens is 2. The largest absolute Gasteiger partial charge is 0.327 e. The van der Waals surface area contributed by atoms with Gasteiger partial charge >= 0.3 is 0 Å². The minimum absolute atomic E-state index is 0.204. The van der Waals surface area contributed by atoms with Crippen LogP contribution in [0.15, 0.2) is 18.2 Å².